The predicted octanol–water partition coefficient (Wildman–Crippen LogP) is 3.86. The standard InChI is InChI=1S/C21H24N2O/c1-2-4-18(5-3-1)16-22-15-14-17-6-8-19(9-7-17)23-20-10-12-21(24-23)13-11-20/h1-10,12,20-22H,11,13-16H2. The molecule has 3 aliphatic rings. The summed E-state index contributed by atoms with van der Waals surface area (Å²) in [7, 11) is 0. The summed E-state index contributed by atoms with van der Waals surface area (Å²) < 4.78 is 0. The van der Waals surface area contributed by atoms with Crippen molar-refractivity contribution < 1.29 is 4.84 Å². The number of fused-ring (bicyclic) bond motifs is 2. The summed E-state index contributed by atoms with van der Waals surface area (Å²) in [5.74, 6) is 0. The zero-order valence-electron chi connectivity index (χ0n) is 13.9. The molecule has 124 valence electrons. The second-order valence-electron chi connectivity index (χ2n) is 6.58. The van der Waals surface area contributed by atoms with Gasteiger partial charge in [0, 0.05) is 6.54 Å². The minimum Gasteiger partial charge on any atom is -0.312 e. The van der Waals surface area contributed by atoms with E-state index in [0.29, 0.717) is 6.04 Å². The second-order valence-corrected chi connectivity index (χ2v) is 6.58. The van der Waals surface area contributed by atoms with Crippen molar-refractivity contribution in [2.75, 3.05) is 11.6 Å². The van der Waals surface area contributed by atoms with Gasteiger partial charge in [-0.1, -0.05) is 54.6 Å². The fraction of sp³-hybridized carbons (Fsp3) is 0.333. The van der Waals surface area contributed by atoms with Crippen molar-refractivity contribution in [2.45, 2.75) is 38.0 Å². The van der Waals surface area contributed by atoms with Gasteiger partial charge in [0.25, 0.3) is 0 Å². The summed E-state index contributed by atoms with van der Waals surface area (Å²) in [5, 5.41) is 5.58. The van der Waals surface area contributed by atoms with Gasteiger partial charge in [-0.05, 0) is 49.1 Å². The third kappa shape index (κ3) is 3.53. The van der Waals surface area contributed by atoms with Crippen molar-refractivity contribution in [3.05, 3.63) is 77.9 Å². The van der Waals surface area contributed by atoms with Crippen molar-refractivity contribution in [3.8, 4) is 0 Å². The van der Waals surface area contributed by atoms with Crippen LogP contribution in [0, 0.1) is 0 Å². The first-order valence-electron chi connectivity index (χ1n) is 8.86. The average Bonchev–Trinajstić information content (AvgIpc) is 2.67. The van der Waals surface area contributed by atoms with Crippen LogP contribution in [-0.4, -0.2) is 18.7 Å². The molecule has 3 nitrogen and oxygen atoms in total. The summed E-state index contributed by atoms with van der Waals surface area (Å²) in [4.78, 5) is 5.99. The molecule has 2 heterocycles. The van der Waals surface area contributed by atoms with Crippen LogP contribution >= 0.6 is 0 Å². The fourth-order valence-electron chi connectivity index (χ4n) is 3.41. The molecule has 2 bridgehead atoms. The van der Waals surface area contributed by atoms with Crippen LogP contribution in [0.15, 0.2) is 66.7 Å². The Balaban J connectivity index is 1.28. The monoisotopic (exact) mass is 320 g/mol. The van der Waals surface area contributed by atoms with Crippen LogP contribution in [0.5, 0.6) is 0 Å². The zero-order valence-corrected chi connectivity index (χ0v) is 13.9. The Morgan fingerprint density at radius 1 is 0.917 bits per heavy atom. The van der Waals surface area contributed by atoms with Crippen LogP contribution in [0.4, 0.5) is 5.69 Å². The van der Waals surface area contributed by atoms with Crippen LogP contribution in [0.3, 0.4) is 0 Å². The molecule has 2 aliphatic heterocycles. The van der Waals surface area contributed by atoms with Gasteiger partial charge >= 0.3 is 0 Å². The molecule has 2 unspecified atom stereocenters. The number of hydrogen-bond donors (Lipinski definition) is 1. The normalized spacial score (nSPS) is 22.1. The van der Waals surface area contributed by atoms with Crippen molar-refractivity contribution in [2.24, 2.45) is 0 Å². The number of nitrogens with zero attached hydrogens (tertiary/aromatic N) is 1. The molecule has 2 aromatic rings. The minimum absolute atomic E-state index is 0.261. The molecular weight excluding hydrogens is 296 g/mol. The van der Waals surface area contributed by atoms with E-state index < -0.39 is 0 Å². The van der Waals surface area contributed by atoms with Crippen molar-refractivity contribution in [1.82, 2.24) is 5.32 Å². The van der Waals surface area contributed by atoms with Gasteiger partial charge in [0.15, 0.2) is 0 Å². The molecule has 3 heteroatoms. The van der Waals surface area contributed by atoms with E-state index in [1.807, 2.05) is 0 Å². The number of benzene rings is 2. The van der Waals surface area contributed by atoms with E-state index in [0.717, 1.165) is 31.6 Å². The van der Waals surface area contributed by atoms with Gasteiger partial charge in [0.05, 0.1) is 11.7 Å². The van der Waals surface area contributed by atoms with Gasteiger partial charge < -0.3 is 5.32 Å². The summed E-state index contributed by atoms with van der Waals surface area (Å²) in [5.41, 5.74) is 3.85. The van der Waals surface area contributed by atoms with Gasteiger partial charge in [-0.3, -0.25) is 4.84 Å². The molecule has 1 saturated heterocycles. The Labute approximate surface area is 143 Å². The Bertz CT molecular complexity index is 681. The highest BCUT2D eigenvalue weighted by molar-refractivity contribution is 5.48. The van der Waals surface area contributed by atoms with Gasteiger partial charge in [-0.2, -0.15) is 0 Å². The molecule has 2 atom stereocenters. The van der Waals surface area contributed by atoms with E-state index in [9.17, 15) is 0 Å². The van der Waals surface area contributed by atoms with Gasteiger partial charge in [-0.15, -0.1) is 0 Å². The van der Waals surface area contributed by atoms with E-state index in [4.69, 9.17) is 4.84 Å². The molecule has 1 aliphatic carbocycles. The Hall–Kier alpha value is -2.10. The molecule has 0 saturated carbocycles. The van der Waals surface area contributed by atoms with Crippen molar-refractivity contribution >= 4 is 5.69 Å². The first kappa shape index (κ1) is 15.4. The maximum atomic E-state index is 5.99. The van der Waals surface area contributed by atoms with Crippen molar-refractivity contribution in [1.29, 1.82) is 0 Å². The summed E-state index contributed by atoms with van der Waals surface area (Å²) in [6.07, 6.45) is 8.10. The molecule has 2 aromatic carbocycles. The molecule has 0 spiro atoms. The lowest BCUT2D eigenvalue weighted by Crippen LogP contribution is -2.45. The molecule has 0 radical (unpaired) electrons. The highest BCUT2D eigenvalue weighted by Crippen LogP contribution is 2.32. The van der Waals surface area contributed by atoms with Crippen LogP contribution in [-0.2, 0) is 17.8 Å². The van der Waals surface area contributed by atoms with Gasteiger partial charge in [-0.25, -0.2) is 5.06 Å². The van der Waals surface area contributed by atoms with Crippen LogP contribution < -0.4 is 10.4 Å². The third-order valence-corrected chi connectivity index (χ3v) is 4.80. The lowest BCUT2D eigenvalue weighted by molar-refractivity contribution is 0.00353. The second kappa shape index (κ2) is 7.20. The first-order valence-corrected chi connectivity index (χ1v) is 8.86. The van der Waals surface area contributed by atoms with Crippen molar-refractivity contribution in [3.63, 3.8) is 0 Å². The average molecular weight is 320 g/mol. The summed E-state index contributed by atoms with van der Waals surface area (Å²) in [6, 6.07) is 19.7. The van der Waals surface area contributed by atoms with Crippen LogP contribution in [0.1, 0.15) is 24.0 Å². The maximum Gasteiger partial charge on any atom is 0.104 e. The molecular formula is C21H24N2O. The maximum absolute atomic E-state index is 5.99. The zero-order chi connectivity index (χ0) is 16.2. The third-order valence-electron chi connectivity index (χ3n) is 4.80. The lowest BCUT2D eigenvalue weighted by Gasteiger charge is -2.41. The van der Waals surface area contributed by atoms with Gasteiger partial charge in [0.1, 0.15) is 6.10 Å². The predicted molar refractivity (Wildman–Crippen MR) is 97.8 cm³/mol. The Morgan fingerprint density at radius 2 is 1.75 bits per heavy atom. The number of nitrogens with one attached hydrogen (secondary N) is 1. The highest BCUT2D eigenvalue weighted by atomic mass is 16.7. The fourth-order valence-corrected chi connectivity index (χ4v) is 3.41. The minimum atomic E-state index is 0.261. The smallest absolute Gasteiger partial charge is 0.104 e. The molecule has 1 N–H and O–H groups in total. The molecule has 24 heavy (non-hydrogen) atoms. The summed E-state index contributed by atoms with van der Waals surface area (Å²) >= 11 is 0. The van der Waals surface area contributed by atoms with Gasteiger partial charge in [0.2, 0.25) is 0 Å². The van der Waals surface area contributed by atoms with Crippen LogP contribution in [0.2, 0.25) is 0 Å². The lowest BCUT2D eigenvalue weighted by atomic mass is 9.98. The topological polar surface area (TPSA) is 24.5 Å². The number of anilines is 1. The van der Waals surface area contributed by atoms with E-state index in [-0.39, 0.29) is 6.10 Å². The largest absolute Gasteiger partial charge is 0.312 e. The van der Waals surface area contributed by atoms with E-state index in [2.05, 4.69) is 77.1 Å². The van der Waals surface area contributed by atoms with Crippen LogP contribution in [0.25, 0.3) is 0 Å². The molecule has 0 aromatic heterocycles. The molecule has 5 rings (SSSR count). The van der Waals surface area contributed by atoms with E-state index >= 15 is 0 Å². The Morgan fingerprint density at radius 3 is 2.42 bits per heavy atom. The van der Waals surface area contributed by atoms with E-state index in [1.54, 1.807) is 0 Å². The number of hydroxylamine groups is 1. The first-order chi connectivity index (χ1) is 11.9. The summed E-state index contributed by atoms with van der Waals surface area (Å²) in [6.45, 7) is 1.91. The Kier molecular flexibility index (Phi) is 4.63. The SMILES string of the molecule is C1=CC2CCC1ON2c1ccc(CCNCc2ccccc2)cc1. The number of hydrogen-bond acceptors (Lipinski definition) is 3. The molecule has 0 amide bonds. The quantitative estimate of drug-likeness (QED) is 0.646. The molecule has 1 fully saturated rings. The van der Waals surface area contributed by atoms with E-state index in [1.165, 1.54) is 17.5 Å². The number of rotatable bonds is 6. The highest BCUT2D eigenvalue weighted by Gasteiger charge is 2.31.